The summed E-state index contributed by atoms with van der Waals surface area (Å²) >= 11 is 0. The van der Waals surface area contributed by atoms with E-state index in [-0.39, 0.29) is 24.2 Å². The Hall–Kier alpha value is -3.81. The molecule has 1 aliphatic heterocycles. The van der Waals surface area contributed by atoms with E-state index >= 15 is 0 Å². The molecule has 0 radical (unpaired) electrons. The largest absolute Gasteiger partial charge is 0.475 e. The van der Waals surface area contributed by atoms with Gasteiger partial charge in [0, 0.05) is 28.6 Å². The van der Waals surface area contributed by atoms with Gasteiger partial charge in [-0.05, 0) is 48.6 Å². The number of carbonyl (C=O) groups is 1. The lowest BCUT2D eigenvalue weighted by Crippen LogP contribution is -2.11. The molecular weight excluding hydrogens is 476 g/mol. The lowest BCUT2D eigenvalue weighted by atomic mass is 9.96. The number of carbonyl (C=O) groups excluding carboxylic acids is 1. The predicted molar refractivity (Wildman–Crippen MR) is 137 cm³/mol. The van der Waals surface area contributed by atoms with Crippen LogP contribution >= 0.6 is 0 Å². The molecule has 8 heteroatoms. The summed E-state index contributed by atoms with van der Waals surface area (Å²) in [5.41, 5.74) is 3.80. The minimum absolute atomic E-state index is 0.0255. The molecule has 0 amide bonds. The van der Waals surface area contributed by atoms with Crippen molar-refractivity contribution >= 4 is 22.6 Å². The Morgan fingerprint density at radius 2 is 2.00 bits per heavy atom. The van der Waals surface area contributed by atoms with Crippen molar-refractivity contribution in [1.82, 2.24) is 9.55 Å². The zero-order valence-electron chi connectivity index (χ0n) is 21.1. The molecule has 0 bridgehead atoms. The van der Waals surface area contributed by atoms with Gasteiger partial charge in [-0.25, -0.2) is 18.8 Å². The van der Waals surface area contributed by atoms with Crippen LogP contribution in [0.15, 0.2) is 58.3 Å². The fourth-order valence-electron chi connectivity index (χ4n) is 4.89. The van der Waals surface area contributed by atoms with Crippen LogP contribution in [0, 0.1) is 11.6 Å². The summed E-state index contributed by atoms with van der Waals surface area (Å²) in [5.74, 6) is -0.704. The Morgan fingerprint density at radius 3 is 2.68 bits per heavy atom. The molecule has 0 unspecified atom stereocenters. The Kier molecular flexibility index (Phi) is 6.91. The monoisotopic (exact) mass is 505 g/mol. The lowest BCUT2D eigenvalue weighted by Gasteiger charge is -2.14. The highest BCUT2D eigenvalue weighted by molar-refractivity contribution is 6.11. The Labute approximate surface area is 214 Å². The number of Topliss-reactive ketones (excluding diaryl/α,β-unsaturated/α-hetero) is 1. The van der Waals surface area contributed by atoms with Crippen molar-refractivity contribution in [3.63, 3.8) is 0 Å². The van der Waals surface area contributed by atoms with E-state index in [0.717, 1.165) is 40.7 Å². The Bertz CT molecular complexity index is 1470. The number of halogens is 2. The average molecular weight is 506 g/mol. The SMILES string of the molecule is CC[C@H]1COC(c2ccc3c(C(=O)CCc4ccc(F)c(F)c4)c(C(C)C)n(Cc4ncco4)c3c2)=N1. The van der Waals surface area contributed by atoms with Crippen LogP contribution in [0.4, 0.5) is 8.78 Å². The quantitative estimate of drug-likeness (QED) is 0.245. The van der Waals surface area contributed by atoms with Crippen molar-refractivity contribution < 1.29 is 22.7 Å². The van der Waals surface area contributed by atoms with Crippen molar-refractivity contribution in [2.75, 3.05) is 6.61 Å². The molecule has 0 saturated heterocycles. The number of ketones is 1. The zero-order valence-corrected chi connectivity index (χ0v) is 21.1. The van der Waals surface area contributed by atoms with E-state index in [1.165, 1.54) is 12.3 Å². The smallest absolute Gasteiger partial charge is 0.216 e. The molecule has 37 heavy (non-hydrogen) atoms. The minimum atomic E-state index is -0.912. The van der Waals surface area contributed by atoms with Crippen LogP contribution in [0.25, 0.3) is 10.9 Å². The number of fused-ring (bicyclic) bond motifs is 1. The third kappa shape index (κ3) is 4.92. The maximum absolute atomic E-state index is 13.7. The zero-order chi connectivity index (χ0) is 26.1. The van der Waals surface area contributed by atoms with E-state index in [1.807, 2.05) is 32.0 Å². The first kappa shape index (κ1) is 24.9. The average Bonchev–Trinajstić information content (AvgIpc) is 3.64. The lowest BCUT2D eigenvalue weighted by molar-refractivity contribution is 0.0982. The van der Waals surface area contributed by atoms with Gasteiger partial charge in [-0.15, -0.1) is 0 Å². The molecule has 0 aliphatic carbocycles. The molecule has 4 aromatic rings. The highest BCUT2D eigenvalue weighted by Gasteiger charge is 2.27. The van der Waals surface area contributed by atoms with Gasteiger partial charge in [0.05, 0.1) is 24.3 Å². The van der Waals surface area contributed by atoms with Gasteiger partial charge in [0.25, 0.3) is 0 Å². The predicted octanol–water partition coefficient (Wildman–Crippen LogP) is 6.45. The summed E-state index contributed by atoms with van der Waals surface area (Å²) in [6.07, 6.45) is 4.50. The number of rotatable bonds is 9. The number of aromatic nitrogens is 2. The third-order valence-electron chi connectivity index (χ3n) is 6.76. The fourth-order valence-corrected chi connectivity index (χ4v) is 4.89. The molecular formula is C29H29F2N3O3. The second kappa shape index (κ2) is 10.3. The van der Waals surface area contributed by atoms with E-state index in [1.54, 1.807) is 6.20 Å². The molecule has 2 aromatic heterocycles. The van der Waals surface area contributed by atoms with Crippen LogP contribution in [0.2, 0.25) is 0 Å². The van der Waals surface area contributed by atoms with Crippen LogP contribution in [-0.2, 0) is 17.7 Å². The van der Waals surface area contributed by atoms with E-state index in [0.29, 0.717) is 42.5 Å². The summed E-state index contributed by atoms with van der Waals surface area (Å²) in [7, 11) is 0. The number of oxazole rings is 1. The number of aliphatic imine (C=N–C) groups is 1. The maximum Gasteiger partial charge on any atom is 0.216 e. The van der Waals surface area contributed by atoms with Gasteiger partial charge in [-0.1, -0.05) is 32.9 Å². The summed E-state index contributed by atoms with van der Waals surface area (Å²) in [6, 6.07) is 9.78. The molecule has 0 spiro atoms. The van der Waals surface area contributed by atoms with Crippen LogP contribution < -0.4 is 0 Å². The summed E-state index contributed by atoms with van der Waals surface area (Å²) in [5, 5.41) is 0.819. The highest BCUT2D eigenvalue weighted by Crippen LogP contribution is 2.34. The van der Waals surface area contributed by atoms with Crippen LogP contribution in [0.1, 0.15) is 72.6 Å². The maximum atomic E-state index is 13.7. The molecule has 0 N–H and O–H groups in total. The normalized spacial score (nSPS) is 15.4. The second-order valence-corrected chi connectivity index (χ2v) is 9.64. The number of aryl methyl sites for hydroxylation is 1. The van der Waals surface area contributed by atoms with Crippen LogP contribution in [-0.4, -0.2) is 33.9 Å². The molecule has 0 fully saturated rings. The van der Waals surface area contributed by atoms with Crippen molar-refractivity contribution in [2.24, 2.45) is 4.99 Å². The van der Waals surface area contributed by atoms with Gasteiger partial charge >= 0.3 is 0 Å². The fraction of sp³-hybridized carbons (Fsp3) is 0.345. The minimum Gasteiger partial charge on any atom is -0.475 e. The molecule has 3 heterocycles. The summed E-state index contributed by atoms with van der Waals surface area (Å²) < 4.78 is 40.5. The number of hydrogen-bond acceptors (Lipinski definition) is 5. The van der Waals surface area contributed by atoms with Gasteiger partial charge in [0.2, 0.25) is 11.8 Å². The molecule has 192 valence electrons. The van der Waals surface area contributed by atoms with Crippen LogP contribution in [0.5, 0.6) is 0 Å². The highest BCUT2D eigenvalue weighted by atomic mass is 19.2. The molecule has 0 saturated carbocycles. The van der Waals surface area contributed by atoms with E-state index in [9.17, 15) is 13.6 Å². The summed E-state index contributed by atoms with van der Waals surface area (Å²) in [6.45, 7) is 7.10. The Balaban J connectivity index is 1.58. The number of hydrogen-bond donors (Lipinski definition) is 0. The van der Waals surface area contributed by atoms with Crippen molar-refractivity contribution in [3.8, 4) is 0 Å². The summed E-state index contributed by atoms with van der Waals surface area (Å²) in [4.78, 5) is 22.7. The van der Waals surface area contributed by atoms with Gasteiger partial charge in [0.15, 0.2) is 17.4 Å². The number of benzene rings is 2. The van der Waals surface area contributed by atoms with Gasteiger partial charge in [-0.3, -0.25) is 4.79 Å². The molecule has 1 aliphatic rings. The first-order valence-electron chi connectivity index (χ1n) is 12.6. The topological polar surface area (TPSA) is 69.6 Å². The molecule has 6 nitrogen and oxygen atoms in total. The number of nitrogens with zero attached hydrogens (tertiary/aromatic N) is 3. The molecule has 5 rings (SSSR count). The van der Waals surface area contributed by atoms with E-state index < -0.39 is 11.6 Å². The van der Waals surface area contributed by atoms with Gasteiger partial charge in [-0.2, -0.15) is 0 Å². The number of ether oxygens (including phenoxy) is 1. The first-order valence-corrected chi connectivity index (χ1v) is 12.6. The van der Waals surface area contributed by atoms with E-state index in [4.69, 9.17) is 14.1 Å². The second-order valence-electron chi connectivity index (χ2n) is 9.64. The molecule has 1 atom stereocenters. The van der Waals surface area contributed by atoms with Crippen molar-refractivity contribution in [2.45, 2.75) is 58.5 Å². The standard InChI is InChI=1S/C29H29F2N3O3/c1-4-20-16-37-29(33-20)19-7-8-21-24(14-19)34(15-26-32-11-12-36-26)28(17(2)3)27(21)25(35)10-6-18-5-9-22(30)23(31)13-18/h5,7-9,11-14,17,20H,4,6,10,15-16H2,1-3H3/t20-/m0/s1. The van der Waals surface area contributed by atoms with Gasteiger partial charge in [0.1, 0.15) is 12.9 Å². The van der Waals surface area contributed by atoms with Crippen molar-refractivity contribution in [3.05, 3.63) is 88.8 Å². The van der Waals surface area contributed by atoms with Crippen molar-refractivity contribution in [1.29, 1.82) is 0 Å². The van der Waals surface area contributed by atoms with Crippen LogP contribution in [0.3, 0.4) is 0 Å². The van der Waals surface area contributed by atoms with Gasteiger partial charge < -0.3 is 13.7 Å². The first-order chi connectivity index (χ1) is 17.9. The third-order valence-corrected chi connectivity index (χ3v) is 6.76. The Morgan fingerprint density at radius 1 is 1.16 bits per heavy atom. The molecule has 2 aromatic carbocycles. The van der Waals surface area contributed by atoms with E-state index in [2.05, 4.69) is 16.5 Å².